The fourth-order valence-corrected chi connectivity index (χ4v) is 9.19. The van der Waals surface area contributed by atoms with Crippen LogP contribution in [0.25, 0.3) is 0 Å². The van der Waals surface area contributed by atoms with Gasteiger partial charge in [0.1, 0.15) is 30.5 Å². The smallest absolute Gasteiger partial charge is 0.407 e. The monoisotopic (exact) mass is 1060 g/mol. The van der Waals surface area contributed by atoms with E-state index in [2.05, 4.69) is 66.0 Å². The summed E-state index contributed by atoms with van der Waals surface area (Å²) in [6.07, 6.45) is 31.0. The molecule has 2 unspecified atom stereocenters. The van der Waals surface area contributed by atoms with E-state index in [9.17, 15) is 9.59 Å². The molecule has 0 aromatic rings. The van der Waals surface area contributed by atoms with E-state index >= 15 is 0 Å². The summed E-state index contributed by atoms with van der Waals surface area (Å²) in [5.74, 6) is -0.0236. The van der Waals surface area contributed by atoms with E-state index in [1.54, 1.807) is 0 Å². The van der Waals surface area contributed by atoms with Gasteiger partial charge in [0.05, 0.1) is 32.0 Å². The van der Waals surface area contributed by atoms with Crippen LogP contribution in [0.5, 0.6) is 0 Å². The summed E-state index contributed by atoms with van der Waals surface area (Å²) in [5.41, 5.74) is 0. The summed E-state index contributed by atoms with van der Waals surface area (Å²) in [5, 5.41) is 6.32. The molecule has 2 N–H and O–H groups in total. The molecule has 1 rings (SSSR count). The molecule has 74 heavy (non-hydrogen) atoms. The van der Waals surface area contributed by atoms with Crippen molar-refractivity contribution in [2.24, 2.45) is 0 Å². The Hall–Kier alpha value is -1.58. The van der Waals surface area contributed by atoms with Gasteiger partial charge in [-0.05, 0) is 64.2 Å². The van der Waals surface area contributed by atoms with Crippen LogP contribution >= 0.6 is 0 Å². The fourth-order valence-electron chi connectivity index (χ4n) is 9.19. The van der Waals surface area contributed by atoms with Crippen LogP contribution in [0, 0.1) is 0 Å². The Labute approximate surface area is 455 Å². The number of rotatable bonds is 55. The molecule has 0 aromatic heterocycles. The maximum atomic E-state index is 14.2. The number of unbranched alkanes of at least 4 members (excludes halogenated alkanes) is 22. The first kappa shape index (κ1) is 70.4. The van der Waals surface area contributed by atoms with Crippen LogP contribution < -0.4 is 10.6 Å². The Bertz CT molecular complexity index is 1220. The Morgan fingerprint density at radius 2 is 0.932 bits per heavy atom. The standard InChI is InChI=1S/C61H120N2O11/c1-9-17-25-26-27-28-29-30-31-32-34-37-40-53(67-44-19-11-3)56(68-45-20-12-4)52(63-55(64)41-38-35-33-36-39-42-62-61(65)72-49-24-16-8)50-73-60-59(71-48-23-15-7)58(70-47-22-14-6)57(69-46-21-13-5)54(74-60)51-66-43-18-10-2/h52-54,56-60H,9-51H2,1-8H3,(H,62,65)(H,63,64)/t52-,53+,54?,56-,57-,58-,59?,60-/m0/s1. The highest BCUT2D eigenvalue weighted by atomic mass is 16.7. The minimum Gasteiger partial charge on any atom is -0.450 e. The zero-order valence-electron chi connectivity index (χ0n) is 49.5. The summed E-state index contributed by atoms with van der Waals surface area (Å²) < 4.78 is 59.5. The predicted octanol–water partition coefficient (Wildman–Crippen LogP) is 14.9. The molecule has 0 aromatic carbocycles. The molecule has 0 spiro atoms. The lowest BCUT2D eigenvalue weighted by Crippen LogP contribution is -2.63. The summed E-state index contributed by atoms with van der Waals surface area (Å²) in [6, 6.07) is -0.511. The minimum atomic E-state index is -0.802. The van der Waals surface area contributed by atoms with Crippen molar-refractivity contribution in [3.05, 3.63) is 0 Å². The summed E-state index contributed by atoms with van der Waals surface area (Å²) >= 11 is 0. The number of hydrogen-bond acceptors (Lipinski definition) is 11. The van der Waals surface area contributed by atoms with Gasteiger partial charge in [-0.25, -0.2) is 4.79 Å². The third kappa shape index (κ3) is 36.5. The lowest BCUT2D eigenvalue weighted by atomic mass is 9.97. The second-order valence-corrected chi connectivity index (χ2v) is 21.1. The van der Waals surface area contributed by atoms with Gasteiger partial charge in [0.2, 0.25) is 5.91 Å². The Morgan fingerprint density at radius 1 is 0.459 bits per heavy atom. The lowest BCUT2D eigenvalue weighted by Gasteiger charge is -2.46. The van der Waals surface area contributed by atoms with Gasteiger partial charge in [-0.2, -0.15) is 0 Å². The predicted molar refractivity (Wildman–Crippen MR) is 303 cm³/mol. The Morgan fingerprint density at radius 3 is 1.53 bits per heavy atom. The number of carbonyl (C=O) groups is 2. The molecule has 0 aliphatic carbocycles. The molecule has 1 fully saturated rings. The number of ether oxygens (including phenoxy) is 9. The van der Waals surface area contributed by atoms with Crippen LogP contribution in [0.3, 0.4) is 0 Å². The average molecular weight is 1060 g/mol. The van der Waals surface area contributed by atoms with Gasteiger partial charge in [0.15, 0.2) is 6.29 Å². The van der Waals surface area contributed by atoms with Gasteiger partial charge >= 0.3 is 6.09 Å². The molecule has 2 amide bonds. The largest absolute Gasteiger partial charge is 0.450 e. The van der Waals surface area contributed by atoms with Crippen LogP contribution in [-0.4, -0.2) is 127 Å². The van der Waals surface area contributed by atoms with Gasteiger partial charge < -0.3 is 53.3 Å². The van der Waals surface area contributed by atoms with Crippen molar-refractivity contribution >= 4 is 12.0 Å². The summed E-state index contributed by atoms with van der Waals surface area (Å²) in [6.45, 7) is 22.5. The second kappa shape index (κ2) is 52.1. The topological polar surface area (TPSA) is 141 Å². The van der Waals surface area contributed by atoms with E-state index in [0.29, 0.717) is 65.8 Å². The van der Waals surface area contributed by atoms with Gasteiger partial charge in [-0.1, -0.05) is 197 Å². The van der Waals surface area contributed by atoms with E-state index in [4.69, 9.17) is 42.6 Å². The minimum absolute atomic E-state index is 0.0236. The summed E-state index contributed by atoms with van der Waals surface area (Å²) in [4.78, 5) is 26.2. The van der Waals surface area contributed by atoms with Crippen molar-refractivity contribution in [3.63, 3.8) is 0 Å². The molecule has 13 heteroatoms. The molecule has 0 radical (unpaired) electrons. The number of nitrogens with one attached hydrogen (secondary N) is 2. The van der Waals surface area contributed by atoms with E-state index in [1.807, 2.05) is 0 Å². The van der Waals surface area contributed by atoms with Crippen molar-refractivity contribution in [3.8, 4) is 0 Å². The third-order valence-corrected chi connectivity index (χ3v) is 14.1. The lowest BCUT2D eigenvalue weighted by molar-refractivity contribution is -0.325. The molecule has 8 atom stereocenters. The first-order chi connectivity index (χ1) is 36.3. The number of carbonyl (C=O) groups excluding carboxylic acids is 2. The number of hydrogen-bond donors (Lipinski definition) is 2. The van der Waals surface area contributed by atoms with Crippen LogP contribution in [0.1, 0.15) is 267 Å². The van der Waals surface area contributed by atoms with Crippen molar-refractivity contribution in [1.29, 1.82) is 0 Å². The van der Waals surface area contributed by atoms with E-state index in [0.717, 1.165) is 141 Å². The van der Waals surface area contributed by atoms with E-state index in [-0.39, 0.29) is 24.7 Å². The molecule has 1 heterocycles. The number of amides is 2. The van der Waals surface area contributed by atoms with Crippen LogP contribution in [0.2, 0.25) is 0 Å². The van der Waals surface area contributed by atoms with Crippen LogP contribution in [-0.2, 0) is 47.4 Å². The quantitative estimate of drug-likeness (QED) is 0.0562. The third-order valence-electron chi connectivity index (χ3n) is 14.1. The number of alkyl carbamates (subject to hydrolysis) is 1. The highest BCUT2D eigenvalue weighted by Gasteiger charge is 2.49. The normalized spacial score (nSPS) is 19.1. The maximum absolute atomic E-state index is 14.2. The molecule has 1 aliphatic rings. The molecule has 1 aliphatic heterocycles. The second-order valence-electron chi connectivity index (χ2n) is 21.1. The molecular weight excluding hydrogens is 937 g/mol. The maximum Gasteiger partial charge on any atom is 0.407 e. The molecule has 1 saturated heterocycles. The van der Waals surface area contributed by atoms with E-state index in [1.165, 1.54) is 64.2 Å². The van der Waals surface area contributed by atoms with Gasteiger partial charge in [0, 0.05) is 52.6 Å². The molecular formula is C61H120N2O11. The molecule has 13 nitrogen and oxygen atoms in total. The molecule has 440 valence electrons. The van der Waals surface area contributed by atoms with E-state index < -0.39 is 42.9 Å². The highest BCUT2D eigenvalue weighted by Crippen LogP contribution is 2.31. The zero-order chi connectivity index (χ0) is 54.0. The van der Waals surface area contributed by atoms with Gasteiger partial charge in [-0.3, -0.25) is 4.79 Å². The van der Waals surface area contributed by atoms with Crippen LogP contribution in [0.15, 0.2) is 0 Å². The summed E-state index contributed by atoms with van der Waals surface area (Å²) in [7, 11) is 0. The van der Waals surface area contributed by atoms with Crippen molar-refractivity contribution in [2.45, 2.75) is 316 Å². The van der Waals surface area contributed by atoms with Gasteiger partial charge in [-0.15, -0.1) is 0 Å². The zero-order valence-corrected chi connectivity index (χ0v) is 49.5. The molecule has 0 saturated carbocycles. The van der Waals surface area contributed by atoms with Crippen molar-refractivity contribution < 1.29 is 52.2 Å². The highest BCUT2D eigenvalue weighted by molar-refractivity contribution is 5.76. The Balaban J connectivity index is 3.48. The SMILES string of the molecule is CCCCCCCCCCCCCC[C@@H](OCCCC)[C@@H](OCCCC)[C@H](CO[C@H]1OC(COCCCC)[C@H](OCCCC)[C@H](OCCCC)C1OCCCC)NC(=O)CCCCCCCNC(=O)OCCCC. The first-order valence-electron chi connectivity index (χ1n) is 31.5. The average Bonchev–Trinajstić information content (AvgIpc) is 3.39. The fraction of sp³-hybridized carbons (Fsp3) is 0.967. The van der Waals surface area contributed by atoms with Gasteiger partial charge in [0.25, 0.3) is 0 Å². The van der Waals surface area contributed by atoms with Crippen molar-refractivity contribution in [2.75, 3.05) is 66.0 Å². The molecule has 0 bridgehead atoms. The first-order valence-corrected chi connectivity index (χ1v) is 31.5. The Kier molecular flexibility index (Phi) is 49.6. The van der Waals surface area contributed by atoms with Crippen LogP contribution in [0.4, 0.5) is 4.79 Å². The van der Waals surface area contributed by atoms with Crippen molar-refractivity contribution in [1.82, 2.24) is 10.6 Å².